The fraction of sp³-hybridized carbons (Fsp3) is 0.211. The highest BCUT2D eigenvalue weighted by atomic mass is 16.3. The molecule has 1 atom stereocenters. The van der Waals surface area contributed by atoms with Crippen molar-refractivity contribution in [2.24, 2.45) is 5.92 Å². The molecule has 2 aromatic carbocycles. The topological polar surface area (TPSA) is 88.5 Å². The van der Waals surface area contributed by atoms with E-state index in [1.807, 2.05) is 38.1 Å². The van der Waals surface area contributed by atoms with Gasteiger partial charge in [0.05, 0.1) is 5.52 Å². The van der Waals surface area contributed by atoms with Crippen LogP contribution in [0.2, 0.25) is 0 Å². The lowest BCUT2D eigenvalue weighted by atomic mass is 9.99. The Kier molecular flexibility index (Phi) is 3.93. The van der Waals surface area contributed by atoms with Gasteiger partial charge in [-0.1, -0.05) is 19.1 Å². The predicted molar refractivity (Wildman–Crippen MR) is 94.4 cm³/mol. The van der Waals surface area contributed by atoms with Crippen molar-refractivity contribution in [2.45, 2.75) is 20.3 Å². The van der Waals surface area contributed by atoms with Gasteiger partial charge in [0.1, 0.15) is 0 Å². The Morgan fingerprint density at radius 2 is 1.92 bits per heavy atom. The number of fused-ring (bicyclic) bond motifs is 1. The fourth-order valence-electron chi connectivity index (χ4n) is 3.04. The Hall–Kier alpha value is -2.95. The van der Waals surface area contributed by atoms with Crippen LogP contribution in [0.25, 0.3) is 10.9 Å². The van der Waals surface area contributed by atoms with Gasteiger partial charge in [-0.25, -0.2) is 0 Å². The highest BCUT2D eigenvalue weighted by Gasteiger charge is 2.20. The number of carbonyl (C=O) groups is 1. The minimum Gasteiger partial charge on any atom is -0.504 e. The summed E-state index contributed by atoms with van der Waals surface area (Å²) in [4.78, 5) is 12.9. The second-order valence-corrected chi connectivity index (χ2v) is 6.17. The maximum atomic E-state index is 12.9. The van der Waals surface area contributed by atoms with Crippen molar-refractivity contribution in [3.05, 3.63) is 53.7 Å². The Labute approximate surface area is 140 Å². The van der Waals surface area contributed by atoms with Crippen LogP contribution in [0.3, 0.4) is 0 Å². The SMILES string of the molecule is Cc1cc2c(N)cccc2n1C(=O)C(C)Cc1ccc(O)c(O)c1. The van der Waals surface area contributed by atoms with Crippen molar-refractivity contribution >= 4 is 22.5 Å². The average Bonchev–Trinajstić information content (AvgIpc) is 2.88. The minimum atomic E-state index is -0.287. The number of phenols is 2. The molecule has 0 bridgehead atoms. The molecular formula is C19H20N2O3. The van der Waals surface area contributed by atoms with Crippen molar-refractivity contribution in [1.82, 2.24) is 4.57 Å². The molecule has 0 saturated carbocycles. The highest BCUT2D eigenvalue weighted by molar-refractivity contribution is 5.99. The average molecular weight is 324 g/mol. The maximum Gasteiger partial charge on any atom is 0.234 e. The second-order valence-electron chi connectivity index (χ2n) is 6.17. The largest absolute Gasteiger partial charge is 0.504 e. The van der Waals surface area contributed by atoms with Crippen LogP contribution >= 0.6 is 0 Å². The van der Waals surface area contributed by atoms with Crippen LogP contribution in [-0.4, -0.2) is 20.7 Å². The van der Waals surface area contributed by atoms with Gasteiger partial charge in [0.2, 0.25) is 5.91 Å². The number of phenolic OH excluding ortho intramolecular Hbond substituents is 2. The summed E-state index contributed by atoms with van der Waals surface area (Å²) in [6.45, 7) is 3.74. The Bertz CT molecular complexity index is 928. The molecule has 3 rings (SSSR count). The summed E-state index contributed by atoms with van der Waals surface area (Å²) in [7, 11) is 0. The van der Waals surface area contributed by atoms with Gasteiger partial charge in [-0.05, 0) is 49.2 Å². The molecule has 0 aliphatic carbocycles. The molecule has 0 spiro atoms. The van der Waals surface area contributed by atoms with Crippen LogP contribution < -0.4 is 5.73 Å². The standard InChI is InChI=1S/C19H20N2O3/c1-11(8-13-6-7-17(22)18(23)10-13)19(24)21-12(2)9-14-15(20)4-3-5-16(14)21/h3-7,9-11,22-23H,8,20H2,1-2H3. The lowest BCUT2D eigenvalue weighted by Gasteiger charge is -2.14. The van der Waals surface area contributed by atoms with E-state index in [0.717, 1.165) is 22.2 Å². The third kappa shape index (κ3) is 2.69. The van der Waals surface area contributed by atoms with E-state index in [9.17, 15) is 15.0 Å². The van der Waals surface area contributed by atoms with E-state index in [1.54, 1.807) is 10.6 Å². The zero-order chi connectivity index (χ0) is 17.4. The Morgan fingerprint density at radius 1 is 1.17 bits per heavy atom. The summed E-state index contributed by atoms with van der Waals surface area (Å²) < 4.78 is 1.69. The number of aryl methyl sites for hydroxylation is 1. The zero-order valence-corrected chi connectivity index (χ0v) is 13.7. The number of rotatable bonds is 3. The number of hydrogen-bond donors (Lipinski definition) is 3. The molecule has 0 amide bonds. The van der Waals surface area contributed by atoms with Crippen LogP contribution in [0, 0.1) is 12.8 Å². The van der Waals surface area contributed by atoms with E-state index in [1.165, 1.54) is 12.1 Å². The van der Waals surface area contributed by atoms with Gasteiger partial charge in [-0.3, -0.25) is 9.36 Å². The van der Waals surface area contributed by atoms with E-state index in [4.69, 9.17) is 5.73 Å². The molecule has 3 aromatic rings. The van der Waals surface area contributed by atoms with Gasteiger partial charge in [-0.2, -0.15) is 0 Å². The number of nitrogen functional groups attached to an aromatic ring is 1. The third-order valence-corrected chi connectivity index (χ3v) is 4.29. The first kappa shape index (κ1) is 15.9. The summed E-state index contributed by atoms with van der Waals surface area (Å²) in [6.07, 6.45) is 0.466. The Balaban J connectivity index is 1.92. The number of nitrogens with two attached hydrogens (primary N) is 1. The lowest BCUT2D eigenvalue weighted by molar-refractivity contribution is 0.0848. The summed E-state index contributed by atoms with van der Waals surface area (Å²) >= 11 is 0. The summed E-state index contributed by atoms with van der Waals surface area (Å²) in [5.41, 5.74) is 9.08. The molecule has 4 N–H and O–H groups in total. The number of nitrogens with zero attached hydrogens (tertiary/aromatic N) is 1. The molecule has 1 aromatic heterocycles. The van der Waals surface area contributed by atoms with Gasteiger partial charge in [0, 0.05) is 22.7 Å². The van der Waals surface area contributed by atoms with Crippen LogP contribution in [-0.2, 0) is 6.42 Å². The molecule has 0 radical (unpaired) electrons. The van der Waals surface area contributed by atoms with Crippen LogP contribution in [0.15, 0.2) is 42.5 Å². The molecule has 5 heteroatoms. The minimum absolute atomic E-state index is 0.0272. The molecule has 0 aliphatic rings. The van der Waals surface area contributed by atoms with E-state index in [2.05, 4.69) is 0 Å². The number of carbonyl (C=O) groups excluding carboxylic acids is 1. The number of aromatic hydroxyl groups is 2. The fourth-order valence-corrected chi connectivity index (χ4v) is 3.04. The molecule has 0 fully saturated rings. The first-order valence-corrected chi connectivity index (χ1v) is 7.80. The first-order chi connectivity index (χ1) is 11.4. The molecule has 24 heavy (non-hydrogen) atoms. The summed E-state index contributed by atoms with van der Waals surface area (Å²) in [6, 6.07) is 12.1. The van der Waals surface area contributed by atoms with E-state index in [-0.39, 0.29) is 23.3 Å². The van der Waals surface area contributed by atoms with Crippen LogP contribution in [0.5, 0.6) is 11.5 Å². The van der Waals surface area contributed by atoms with Crippen molar-refractivity contribution in [3.8, 4) is 11.5 Å². The molecule has 5 nitrogen and oxygen atoms in total. The first-order valence-electron chi connectivity index (χ1n) is 7.80. The summed E-state index contributed by atoms with van der Waals surface area (Å²) in [5, 5.41) is 19.9. The normalized spacial score (nSPS) is 12.4. The van der Waals surface area contributed by atoms with Gasteiger partial charge >= 0.3 is 0 Å². The van der Waals surface area contributed by atoms with Gasteiger partial charge in [0.15, 0.2) is 11.5 Å². The predicted octanol–water partition coefficient (Wildman–Crippen LogP) is 3.46. The van der Waals surface area contributed by atoms with Crippen molar-refractivity contribution in [2.75, 3.05) is 5.73 Å². The highest BCUT2D eigenvalue weighted by Crippen LogP contribution is 2.28. The van der Waals surface area contributed by atoms with E-state index >= 15 is 0 Å². The molecule has 0 aliphatic heterocycles. The molecule has 1 unspecified atom stereocenters. The van der Waals surface area contributed by atoms with Crippen LogP contribution in [0.4, 0.5) is 5.69 Å². The van der Waals surface area contributed by atoms with Crippen LogP contribution in [0.1, 0.15) is 23.0 Å². The number of aromatic nitrogens is 1. The zero-order valence-electron chi connectivity index (χ0n) is 13.7. The number of hydrogen-bond acceptors (Lipinski definition) is 4. The number of benzene rings is 2. The van der Waals surface area contributed by atoms with E-state index < -0.39 is 0 Å². The molecule has 0 saturated heterocycles. The Morgan fingerprint density at radius 3 is 2.62 bits per heavy atom. The van der Waals surface area contributed by atoms with Gasteiger partial charge in [-0.15, -0.1) is 0 Å². The lowest BCUT2D eigenvalue weighted by Crippen LogP contribution is -2.22. The monoisotopic (exact) mass is 324 g/mol. The quantitative estimate of drug-likeness (QED) is 0.508. The van der Waals surface area contributed by atoms with Crippen molar-refractivity contribution < 1.29 is 15.0 Å². The van der Waals surface area contributed by atoms with Crippen molar-refractivity contribution in [1.29, 1.82) is 0 Å². The van der Waals surface area contributed by atoms with E-state index in [0.29, 0.717) is 12.1 Å². The van der Waals surface area contributed by atoms with Crippen molar-refractivity contribution in [3.63, 3.8) is 0 Å². The summed E-state index contributed by atoms with van der Waals surface area (Å²) in [5.74, 6) is -0.659. The molecular weight excluding hydrogens is 304 g/mol. The van der Waals surface area contributed by atoms with Gasteiger partial charge in [0.25, 0.3) is 0 Å². The number of anilines is 1. The maximum absolute atomic E-state index is 12.9. The second kappa shape index (κ2) is 5.92. The molecule has 1 heterocycles. The molecule has 124 valence electrons. The van der Waals surface area contributed by atoms with Gasteiger partial charge < -0.3 is 15.9 Å². The smallest absolute Gasteiger partial charge is 0.234 e. The third-order valence-electron chi connectivity index (χ3n) is 4.29.